The molecule has 0 aliphatic carbocycles. The van der Waals surface area contributed by atoms with E-state index in [0.717, 1.165) is 50.3 Å². The fourth-order valence-corrected chi connectivity index (χ4v) is 3.21. The van der Waals surface area contributed by atoms with Crippen LogP contribution in [0.1, 0.15) is 0 Å². The first-order valence-electron chi connectivity index (χ1n) is 7.86. The van der Waals surface area contributed by atoms with Gasteiger partial charge in [-0.05, 0) is 47.5 Å². The average molecular weight is 337 g/mol. The van der Waals surface area contributed by atoms with Crippen LogP contribution in [0.25, 0.3) is 33.1 Å². The van der Waals surface area contributed by atoms with Crippen LogP contribution in [0.2, 0.25) is 5.02 Å². The van der Waals surface area contributed by atoms with Crippen LogP contribution in [0.5, 0.6) is 0 Å². The van der Waals surface area contributed by atoms with Crippen molar-refractivity contribution in [2.45, 2.75) is 0 Å². The van der Waals surface area contributed by atoms with Crippen LogP contribution >= 0.6 is 11.6 Å². The summed E-state index contributed by atoms with van der Waals surface area (Å²) in [5, 5.41) is 6.22. The number of benzene rings is 2. The van der Waals surface area contributed by atoms with Crippen LogP contribution in [0.4, 0.5) is 5.69 Å². The van der Waals surface area contributed by atoms with E-state index in [1.54, 1.807) is 0 Å². The van der Waals surface area contributed by atoms with Gasteiger partial charge >= 0.3 is 0 Å². The highest BCUT2D eigenvalue weighted by Crippen LogP contribution is 2.35. The zero-order valence-electron chi connectivity index (χ0n) is 13.0. The highest BCUT2D eigenvalue weighted by Gasteiger charge is 2.12. The number of anilines is 1. The van der Waals surface area contributed by atoms with Gasteiger partial charge in [-0.1, -0.05) is 23.7 Å². The first-order valence-corrected chi connectivity index (χ1v) is 8.24. The van der Waals surface area contributed by atoms with Crippen LogP contribution in [0.3, 0.4) is 0 Å². The minimum Gasteiger partial charge on any atom is -0.384 e. The van der Waals surface area contributed by atoms with Gasteiger partial charge in [0.05, 0.1) is 0 Å². The number of nitrogens with zero attached hydrogens (tertiary/aromatic N) is 1. The summed E-state index contributed by atoms with van der Waals surface area (Å²) in [6.07, 6.45) is 1.83. The van der Waals surface area contributed by atoms with E-state index >= 15 is 0 Å². The molecule has 0 unspecified atom stereocenters. The van der Waals surface area contributed by atoms with Gasteiger partial charge in [-0.25, -0.2) is 4.98 Å². The van der Waals surface area contributed by atoms with Crippen LogP contribution < -0.4 is 11.1 Å². The maximum Gasteiger partial charge on any atom is 0.138 e. The summed E-state index contributed by atoms with van der Waals surface area (Å²) < 4.78 is 0. The lowest BCUT2D eigenvalue weighted by Gasteiger charge is -2.09. The number of H-pyrrole nitrogens is 1. The lowest BCUT2D eigenvalue weighted by molar-refractivity contribution is 1.02. The van der Waals surface area contributed by atoms with Gasteiger partial charge in [0.15, 0.2) is 0 Å². The van der Waals surface area contributed by atoms with E-state index in [2.05, 4.69) is 27.4 Å². The molecule has 4 rings (SSSR count). The Bertz CT molecular complexity index is 1020. The van der Waals surface area contributed by atoms with Gasteiger partial charge in [-0.2, -0.15) is 0 Å². The summed E-state index contributed by atoms with van der Waals surface area (Å²) in [7, 11) is 0. The van der Waals surface area contributed by atoms with Crippen LogP contribution in [-0.2, 0) is 0 Å². The third-order valence-corrected chi connectivity index (χ3v) is 4.34. The minimum atomic E-state index is 0.602. The predicted octanol–water partition coefficient (Wildman–Crippen LogP) is 4.41. The van der Waals surface area contributed by atoms with Crippen LogP contribution in [-0.4, -0.2) is 23.1 Å². The fourth-order valence-electron chi connectivity index (χ4n) is 3.04. The second-order valence-corrected chi connectivity index (χ2v) is 6.13. The highest BCUT2D eigenvalue weighted by molar-refractivity contribution is 6.32. The topological polar surface area (TPSA) is 66.7 Å². The van der Waals surface area contributed by atoms with Gasteiger partial charge in [0.25, 0.3) is 0 Å². The molecule has 0 radical (unpaired) electrons. The Hall–Kier alpha value is -2.56. The molecule has 4 aromatic rings. The minimum absolute atomic E-state index is 0.602. The summed E-state index contributed by atoms with van der Waals surface area (Å²) in [5.74, 6) is 0. The molecule has 0 fully saturated rings. The standard InChI is InChI=1S/C19H17ClN4/c20-13-4-5-17-16(11-13)18-15(6-8-23-19(18)24-17)12-2-1-3-14(10-12)22-9-7-21/h1-6,8,10-11,22H,7,9,21H2,(H,23,24). The molecule has 24 heavy (non-hydrogen) atoms. The van der Waals surface area contributed by atoms with Crippen molar-refractivity contribution in [2.24, 2.45) is 5.73 Å². The Balaban J connectivity index is 1.93. The Kier molecular flexibility index (Phi) is 3.84. The number of nitrogens with one attached hydrogen (secondary N) is 2. The first-order chi connectivity index (χ1) is 11.8. The molecule has 4 N–H and O–H groups in total. The molecule has 120 valence electrons. The second-order valence-electron chi connectivity index (χ2n) is 5.69. The largest absolute Gasteiger partial charge is 0.384 e. The van der Waals surface area contributed by atoms with Crippen molar-refractivity contribution in [3.05, 3.63) is 59.8 Å². The number of fused-ring (bicyclic) bond motifs is 3. The molecule has 0 saturated carbocycles. The van der Waals surface area contributed by atoms with Crippen molar-refractivity contribution >= 4 is 39.2 Å². The number of halogens is 1. The lowest BCUT2D eigenvalue weighted by atomic mass is 10.0. The molecule has 0 atom stereocenters. The quantitative estimate of drug-likeness (QED) is 0.517. The molecule has 5 heteroatoms. The molecule has 0 amide bonds. The molecule has 2 aromatic carbocycles. The van der Waals surface area contributed by atoms with Crippen molar-refractivity contribution in [1.82, 2.24) is 9.97 Å². The van der Waals surface area contributed by atoms with E-state index in [4.69, 9.17) is 17.3 Å². The average Bonchev–Trinajstić information content (AvgIpc) is 2.98. The maximum atomic E-state index is 6.20. The van der Waals surface area contributed by atoms with Crippen molar-refractivity contribution in [2.75, 3.05) is 18.4 Å². The SMILES string of the molecule is NCCNc1cccc(-c2ccnc3[nH]c4ccc(Cl)cc4c23)c1. The maximum absolute atomic E-state index is 6.20. The van der Waals surface area contributed by atoms with E-state index in [0.29, 0.717) is 6.54 Å². The predicted molar refractivity (Wildman–Crippen MR) is 102 cm³/mol. The van der Waals surface area contributed by atoms with Gasteiger partial charge in [0.2, 0.25) is 0 Å². The third kappa shape index (κ3) is 2.60. The molecule has 2 heterocycles. The number of hydrogen-bond acceptors (Lipinski definition) is 3. The zero-order chi connectivity index (χ0) is 16.5. The highest BCUT2D eigenvalue weighted by atomic mass is 35.5. The second kappa shape index (κ2) is 6.15. The van der Waals surface area contributed by atoms with Gasteiger partial charge < -0.3 is 16.0 Å². The molecule has 2 aromatic heterocycles. The fraction of sp³-hybridized carbons (Fsp3) is 0.105. The third-order valence-electron chi connectivity index (χ3n) is 4.10. The molecular formula is C19H17ClN4. The monoisotopic (exact) mass is 336 g/mol. The van der Waals surface area contributed by atoms with E-state index in [1.807, 2.05) is 42.6 Å². The lowest BCUT2D eigenvalue weighted by Crippen LogP contribution is -2.12. The number of pyridine rings is 1. The number of aromatic amines is 1. The number of aromatic nitrogens is 2. The molecule has 4 nitrogen and oxygen atoms in total. The van der Waals surface area contributed by atoms with E-state index < -0.39 is 0 Å². The Morgan fingerprint density at radius 1 is 1.12 bits per heavy atom. The summed E-state index contributed by atoms with van der Waals surface area (Å²) in [6, 6.07) is 16.2. The van der Waals surface area contributed by atoms with Crippen LogP contribution in [0, 0.1) is 0 Å². The number of nitrogens with two attached hydrogens (primary N) is 1. The molecule has 0 saturated heterocycles. The molecule has 0 spiro atoms. The molecule has 0 aliphatic rings. The molecular weight excluding hydrogens is 320 g/mol. The molecule has 0 aliphatic heterocycles. The van der Waals surface area contributed by atoms with Crippen LogP contribution in [0.15, 0.2) is 54.7 Å². The summed E-state index contributed by atoms with van der Waals surface area (Å²) >= 11 is 6.20. The van der Waals surface area contributed by atoms with Gasteiger partial charge in [0.1, 0.15) is 5.65 Å². The van der Waals surface area contributed by atoms with E-state index in [-0.39, 0.29) is 0 Å². The van der Waals surface area contributed by atoms with Gasteiger partial charge in [-0.15, -0.1) is 0 Å². The van der Waals surface area contributed by atoms with Crippen molar-refractivity contribution in [1.29, 1.82) is 0 Å². The van der Waals surface area contributed by atoms with Gasteiger partial charge in [-0.3, -0.25) is 0 Å². The Labute approximate surface area is 144 Å². The van der Waals surface area contributed by atoms with Crippen molar-refractivity contribution in [3.63, 3.8) is 0 Å². The number of hydrogen-bond donors (Lipinski definition) is 3. The zero-order valence-corrected chi connectivity index (χ0v) is 13.8. The smallest absolute Gasteiger partial charge is 0.138 e. The number of rotatable bonds is 4. The first kappa shape index (κ1) is 15.0. The van der Waals surface area contributed by atoms with Crippen molar-refractivity contribution in [3.8, 4) is 11.1 Å². The summed E-state index contributed by atoms with van der Waals surface area (Å²) in [5.41, 5.74) is 10.8. The Morgan fingerprint density at radius 3 is 2.92 bits per heavy atom. The van der Waals surface area contributed by atoms with Gasteiger partial charge in [0, 0.05) is 46.3 Å². The normalized spacial score (nSPS) is 11.2. The van der Waals surface area contributed by atoms with E-state index in [9.17, 15) is 0 Å². The summed E-state index contributed by atoms with van der Waals surface area (Å²) in [6.45, 7) is 1.35. The molecule has 0 bridgehead atoms. The van der Waals surface area contributed by atoms with E-state index in [1.165, 1.54) is 0 Å². The summed E-state index contributed by atoms with van der Waals surface area (Å²) in [4.78, 5) is 7.84. The Morgan fingerprint density at radius 2 is 2.04 bits per heavy atom. The van der Waals surface area contributed by atoms with Crippen molar-refractivity contribution < 1.29 is 0 Å².